The third-order valence-corrected chi connectivity index (χ3v) is 3.03. The van der Waals surface area contributed by atoms with Crippen molar-refractivity contribution in [2.75, 3.05) is 6.54 Å². The summed E-state index contributed by atoms with van der Waals surface area (Å²) in [6.45, 7) is 12.7. The van der Waals surface area contributed by atoms with E-state index < -0.39 is 0 Å². The molecule has 0 saturated carbocycles. The zero-order chi connectivity index (χ0) is 12.3. The smallest absolute Gasteiger partial charge is 0.0530 e. The number of hydroxylamine groups is 2. The quantitative estimate of drug-likeness (QED) is 0.672. The minimum atomic E-state index is -0.389. The van der Waals surface area contributed by atoms with E-state index >= 15 is 0 Å². The van der Waals surface area contributed by atoms with Crippen LogP contribution in [0.5, 0.6) is 0 Å². The summed E-state index contributed by atoms with van der Waals surface area (Å²) in [6, 6.07) is 0. The average Bonchev–Trinajstić information content (AvgIpc) is 2.01. The molecule has 0 aromatic rings. The van der Waals surface area contributed by atoms with Gasteiger partial charge in [0, 0.05) is 12.1 Å². The van der Waals surface area contributed by atoms with Crippen LogP contribution in [-0.4, -0.2) is 33.6 Å². The highest BCUT2D eigenvalue weighted by Crippen LogP contribution is 2.26. The summed E-state index contributed by atoms with van der Waals surface area (Å²) in [4.78, 5) is 0. The van der Waals surface area contributed by atoms with E-state index in [0.717, 1.165) is 6.42 Å². The molecule has 0 fully saturated rings. The van der Waals surface area contributed by atoms with Crippen LogP contribution in [0.3, 0.4) is 0 Å². The molecule has 2 N–H and O–H groups in total. The van der Waals surface area contributed by atoms with E-state index in [0.29, 0.717) is 13.0 Å². The third kappa shape index (κ3) is 5.50. The van der Waals surface area contributed by atoms with E-state index in [4.69, 9.17) is 0 Å². The van der Waals surface area contributed by atoms with E-state index in [1.807, 2.05) is 13.8 Å². The van der Waals surface area contributed by atoms with Gasteiger partial charge in [0.15, 0.2) is 0 Å². The summed E-state index contributed by atoms with van der Waals surface area (Å²) < 4.78 is 0. The molecular formula is C12H27NO2. The number of rotatable bonds is 6. The van der Waals surface area contributed by atoms with Crippen molar-refractivity contribution in [1.29, 1.82) is 0 Å². The molecule has 0 saturated heterocycles. The highest BCUT2D eigenvalue weighted by molar-refractivity contribution is 4.81. The van der Waals surface area contributed by atoms with Gasteiger partial charge in [-0.1, -0.05) is 20.8 Å². The Labute approximate surface area is 94.1 Å². The molecule has 0 amide bonds. The zero-order valence-corrected chi connectivity index (χ0v) is 11.0. The molecule has 1 atom stereocenters. The number of nitrogens with zero attached hydrogens (tertiary/aromatic N) is 1. The topological polar surface area (TPSA) is 43.7 Å². The Kier molecular flexibility index (Phi) is 5.24. The van der Waals surface area contributed by atoms with Gasteiger partial charge in [-0.2, -0.15) is 5.06 Å². The third-order valence-electron chi connectivity index (χ3n) is 3.03. The molecule has 15 heavy (non-hydrogen) atoms. The molecule has 0 bridgehead atoms. The van der Waals surface area contributed by atoms with E-state index in [9.17, 15) is 10.3 Å². The minimum absolute atomic E-state index is 0.102. The van der Waals surface area contributed by atoms with Crippen molar-refractivity contribution >= 4 is 0 Å². The summed E-state index contributed by atoms with van der Waals surface area (Å²) in [6.07, 6.45) is 1.21. The van der Waals surface area contributed by atoms with Crippen molar-refractivity contribution in [2.45, 2.75) is 66.0 Å². The lowest BCUT2D eigenvalue weighted by Gasteiger charge is -2.39. The van der Waals surface area contributed by atoms with Crippen LogP contribution in [0.25, 0.3) is 0 Å². The summed E-state index contributed by atoms with van der Waals surface area (Å²) in [5.41, 5.74) is -0.272. The van der Waals surface area contributed by atoms with Crippen LogP contribution in [0.2, 0.25) is 0 Å². The SMILES string of the molecule is CCC(C)(C)CN(O)C(C)(C)CC(C)O. The van der Waals surface area contributed by atoms with Gasteiger partial charge in [-0.05, 0) is 39.0 Å². The molecule has 0 aliphatic carbocycles. The molecule has 3 heteroatoms. The van der Waals surface area contributed by atoms with Gasteiger partial charge < -0.3 is 10.3 Å². The molecule has 1 unspecified atom stereocenters. The van der Waals surface area contributed by atoms with Crippen LogP contribution in [-0.2, 0) is 0 Å². The first-order valence-electron chi connectivity index (χ1n) is 5.75. The van der Waals surface area contributed by atoms with Gasteiger partial charge in [0.1, 0.15) is 0 Å². The highest BCUT2D eigenvalue weighted by atomic mass is 16.5. The number of aliphatic hydroxyl groups is 1. The van der Waals surface area contributed by atoms with Crippen molar-refractivity contribution in [1.82, 2.24) is 5.06 Å². The molecular weight excluding hydrogens is 190 g/mol. The monoisotopic (exact) mass is 217 g/mol. The van der Waals surface area contributed by atoms with Gasteiger partial charge >= 0.3 is 0 Å². The Morgan fingerprint density at radius 2 is 1.67 bits per heavy atom. The largest absolute Gasteiger partial charge is 0.393 e. The Balaban J connectivity index is 4.36. The number of hydrogen-bond acceptors (Lipinski definition) is 3. The molecule has 0 spiro atoms. The Morgan fingerprint density at radius 3 is 2.00 bits per heavy atom. The fourth-order valence-electron chi connectivity index (χ4n) is 1.56. The van der Waals surface area contributed by atoms with Crippen molar-refractivity contribution in [3.8, 4) is 0 Å². The zero-order valence-electron chi connectivity index (χ0n) is 11.0. The van der Waals surface area contributed by atoms with Gasteiger partial charge in [0.25, 0.3) is 0 Å². The van der Waals surface area contributed by atoms with E-state index in [2.05, 4.69) is 20.8 Å². The van der Waals surface area contributed by atoms with Gasteiger partial charge in [0.2, 0.25) is 0 Å². The van der Waals surface area contributed by atoms with Gasteiger partial charge in [-0.3, -0.25) is 0 Å². The van der Waals surface area contributed by atoms with Crippen LogP contribution in [0.4, 0.5) is 0 Å². The molecule has 0 heterocycles. The second-order valence-corrected chi connectivity index (χ2v) is 5.94. The van der Waals surface area contributed by atoms with Crippen LogP contribution >= 0.6 is 0 Å². The van der Waals surface area contributed by atoms with Crippen molar-refractivity contribution < 1.29 is 10.3 Å². The van der Waals surface area contributed by atoms with E-state index in [-0.39, 0.29) is 17.1 Å². The highest BCUT2D eigenvalue weighted by Gasteiger charge is 2.31. The lowest BCUT2D eigenvalue weighted by Crippen LogP contribution is -2.47. The summed E-state index contributed by atoms with van der Waals surface area (Å²) in [5, 5.41) is 20.7. The molecule has 0 rings (SSSR count). The Morgan fingerprint density at radius 1 is 1.20 bits per heavy atom. The second-order valence-electron chi connectivity index (χ2n) is 5.94. The minimum Gasteiger partial charge on any atom is -0.393 e. The first-order valence-corrected chi connectivity index (χ1v) is 5.75. The summed E-state index contributed by atoms with van der Waals surface area (Å²) >= 11 is 0. The Bertz CT molecular complexity index is 188. The predicted octanol–water partition coefficient (Wildman–Crippen LogP) is 2.66. The standard InChI is InChI=1S/C12H27NO2/c1-7-11(3,4)9-13(15)12(5,6)8-10(2)14/h10,14-15H,7-9H2,1-6H3. The summed E-state index contributed by atoms with van der Waals surface area (Å²) in [5.74, 6) is 0. The normalized spacial score (nSPS) is 15.8. The maximum absolute atomic E-state index is 10.0. The number of hydrogen-bond donors (Lipinski definition) is 2. The molecule has 3 nitrogen and oxygen atoms in total. The van der Waals surface area contributed by atoms with Crippen molar-refractivity contribution in [2.24, 2.45) is 5.41 Å². The Hall–Kier alpha value is -0.120. The molecule has 0 aliphatic rings. The van der Waals surface area contributed by atoms with E-state index in [1.54, 1.807) is 6.92 Å². The second kappa shape index (κ2) is 5.28. The van der Waals surface area contributed by atoms with Crippen LogP contribution in [0, 0.1) is 5.41 Å². The average molecular weight is 217 g/mol. The predicted molar refractivity (Wildman–Crippen MR) is 62.9 cm³/mol. The fourth-order valence-corrected chi connectivity index (χ4v) is 1.56. The van der Waals surface area contributed by atoms with Crippen molar-refractivity contribution in [3.63, 3.8) is 0 Å². The first kappa shape index (κ1) is 14.9. The lowest BCUT2D eigenvalue weighted by atomic mass is 9.87. The molecule has 0 aliphatic heterocycles. The van der Waals surface area contributed by atoms with Crippen molar-refractivity contribution in [3.05, 3.63) is 0 Å². The molecule has 0 aromatic heterocycles. The summed E-state index contributed by atoms with van der Waals surface area (Å²) in [7, 11) is 0. The van der Waals surface area contributed by atoms with Crippen LogP contribution in [0.15, 0.2) is 0 Å². The first-order chi connectivity index (χ1) is 6.60. The number of aliphatic hydroxyl groups excluding tert-OH is 1. The van der Waals surface area contributed by atoms with Crippen LogP contribution in [0.1, 0.15) is 54.4 Å². The molecule has 92 valence electrons. The van der Waals surface area contributed by atoms with E-state index in [1.165, 1.54) is 5.06 Å². The molecule has 0 aromatic carbocycles. The maximum atomic E-state index is 10.0. The van der Waals surface area contributed by atoms with Gasteiger partial charge in [0.05, 0.1) is 6.10 Å². The van der Waals surface area contributed by atoms with Crippen LogP contribution < -0.4 is 0 Å². The van der Waals surface area contributed by atoms with Gasteiger partial charge in [-0.15, -0.1) is 0 Å². The molecule has 0 radical (unpaired) electrons. The fraction of sp³-hybridized carbons (Fsp3) is 1.00. The lowest BCUT2D eigenvalue weighted by molar-refractivity contribution is -0.186. The van der Waals surface area contributed by atoms with Gasteiger partial charge in [-0.25, -0.2) is 0 Å². The maximum Gasteiger partial charge on any atom is 0.0530 e.